The molecule has 0 aliphatic heterocycles. The van der Waals surface area contributed by atoms with Crippen LogP contribution >= 0.6 is 0 Å². The minimum Gasteiger partial charge on any atom is -0.309 e. The lowest BCUT2D eigenvalue weighted by atomic mass is 9.83. The number of rotatable bonds is 3. The smallest absolute Gasteiger partial charge is 0.159 e. The summed E-state index contributed by atoms with van der Waals surface area (Å²) >= 11 is 0. The van der Waals surface area contributed by atoms with Gasteiger partial charge in [0, 0.05) is 55.7 Å². The average Bonchev–Trinajstić information content (AvgIpc) is 3.89. The summed E-state index contributed by atoms with van der Waals surface area (Å²) < 4.78 is 4.80. The number of hydrogen-bond acceptors (Lipinski definition) is 2. The molecule has 0 amide bonds. The topological polar surface area (TPSA) is 35.6 Å². The highest BCUT2D eigenvalue weighted by molar-refractivity contribution is 6.26. The largest absolute Gasteiger partial charge is 0.309 e. The molecule has 1 aliphatic rings. The van der Waals surface area contributed by atoms with Gasteiger partial charge in [0.05, 0.1) is 27.8 Å². The van der Waals surface area contributed by atoms with E-state index in [1.165, 1.54) is 65.0 Å². The van der Waals surface area contributed by atoms with Gasteiger partial charge in [0.15, 0.2) is 5.82 Å². The van der Waals surface area contributed by atoms with E-state index in [-0.39, 0.29) is 5.41 Å². The van der Waals surface area contributed by atoms with E-state index < -0.39 is 0 Å². The maximum atomic E-state index is 5.57. The van der Waals surface area contributed by atoms with E-state index in [4.69, 9.17) is 9.97 Å². The summed E-state index contributed by atoms with van der Waals surface area (Å²) in [4.78, 5) is 10.8. The van der Waals surface area contributed by atoms with Crippen molar-refractivity contribution < 1.29 is 0 Å². The Morgan fingerprint density at radius 3 is 1.24 bits per heavy atom. The molecule has 0 saturated heterocycles. The lowest BCUT2D eigenvalue weighted by Gasteiger charge is -2.22. The van der Waals surface area contributed by atoms with Crippen LogP contribution in [0.3, 0.4) is 0 Å². The molecule has 12 aromatic rings. The Balaban J connectivity index is 1.07. The molecule has 4 nitrogen and oxygen atoms in total. The first-order valence-corrected chi connectivity index (χ1v) is 20.4. The van der Waals surface area contributed by atoms with Gasteiger partial charge in [-0.1, -0.05) is 135 Å². The van der Waals surface area contributed by atoms with E-state index >= 15 is 0 Å². The van der Waals surface area contributed by atoms with E-state index in [9.17, 15) is 0 Å². The highest BCUT2D eigenvalue weighted by Crippen LogP contribution is 2.51. The van der Waals surface area contributed by atoms with Gasteiger partial charge < -0.3 is 9.13 Å². The standard InChI is InChI=1S/C55H36N4/c1-55(2)48-31-45-39-18-6-4-16-37(39)36-15-3-5-17-38(36)44(45)30-46(48)47-32-56-54(57-53(47)55)33-27-34(58-49-23-11-7-19-40(49)41-20-8-12-24-50(41)58)29-35(28-33)59-51-25-13-9-21-42(51)43-22-10-14-26-52(43)59/h3-32H,1-2H3. The Labute approximate surface area is 340 Å². The van der Waals surface area contributed by atoms with Crippen LogP contribution in [0.1, 0.15) is 25.1 Å². The van der Waals surface area contributed by atoms with Gasteiger partial charge in [-0.05, 0) is 98.0 Å². The first-order chi connectivity index (χ1) is 29.0. The minimum atomic E-state index is -0.344. The van der Waals surface area contributed by atoms with Crippen LogP contribution < -0.4 is 0 Å². The molecule has 0 unspecified atom stereocenters. The van der Waals surface area contributed by atoms with E-state index in [2.05, 4.69) is 205 Å². The Bertz CT molecular complexity index is 3530. The van der Waals surface area contributed by atoms with Crippen molar-refractivity contribution in [2.45, 2.75) is 19.3 Å². The molecule has 0 atom stereocenters. The van der Waals surface area contributed by atoms with Crippen LogP contribution in [-0.4, -0.2) is 19.1 Å². The number of para-hydroxylation sites is 4. The number of benzene rings is 9. The zero-order chi connectivity index (χ0) is 39.0. The van der Waals surface area contributed by atoms with Crippen molar-refractivity contribution in [1.29, 1.82) is 0 Å². The second kappa shape index (κ2) is 11.7. The molecule has 13 rings (SSSR count). The fraction of sp³-hybridized carbons (Fsp3) is 0.0545. The molecule has 9 aromatic carbocycles. The van der Waals surface area contributed by atoms with Crippen LogP contribution in [-0.2, 0) is 5.41 Å². The van der Waals surface area contributed by atoms with E-state index in [1.54, 1.807) is 0 Å². The zero-order valence-corrected chi connectivity index (χ0v) is 32.6. The van der Waals surface area contributed by atoms with Crippen molar-refractivity contribution in [2.24, 2.45) is 0 Å². The van der Waals surface area contributed by atoms with Crippen LogP contribution in [0.25, 0.3) is 110 Å². The predicted molar refractivity (Wildman–Crippen MR) is 246 cm³/mol. The van der Waals surface area contributed by atoms with Gasteiger partial charge in [0.25, 0.3) is 0 Å². The lowest BCUT2D eigenvalue weighted by Crippen LogP contribution is -2.17. The SMILES string of the molecule is CC1(C)c2cc3c4ccccc4c4ccccc4c3cc2-c2cnc(-c3cc(-n4c5ccccc5c5ccccc54)cc(-n4c5ccccc5c5ccccc54)c3)nc21. The summed E-state index contributed by atoms with van der Waals surface area (Å²) in [5.74, 6) is 0.717. The van der Waals surface area contributed by atoms with Crippen molar-refractivity contribution in [3.63, 3.8) is 0 Å². The Morgan fingerprint density at radius 2 is 0.780 bits per heavy atom. The molecule has 0 bridgehead atoms. The molecule has 0 fully saturated rings. The molecular weight excluding hydrogens is 717 g/mol. The van der Waals surface area contributed by atoms with Crippen LogP contribution in [0.4, 0.5) is 0 Å². The molecule has 276 valence electrons. The highest BCUT2D eigenvalue weighted by atomic mass is 15.0. The number of fused-ring (bicyclic) bond motifs is 15. The fourth-order valence-electron chi connectivity index (χ4n) is 10.4. The molecule has 3 aromatic heterocycles. The Morgan fingerprint density at radius 1 is 0.390 bits per heavy atom. The second-order valence-electron chi connectivity index (χ2n) is 16.6. The second-order valence-corrected chi connectivity index (χ2v) is 16.6. The maximum Gasteiger partial charge on any atom is 0.159 e. The summed E-state index contributed by atoms with van der Waals surface area (Å²) in [5.41, 5.74) is 12.1. The first kappa shape index (κ1) is 32.5. The molecule has 4 heteroatoms. The van der Waals surface area contributed by atoms with Crippen molar-refractivity contribution in [2.75, 3.05) is 0 Å². The van der Waals surface area contributed by atoms with Crippen molar-refractivity contribution >= 4 is 75.9 Å². The van der Waals surface area contributed by atoms with Gasteiger partial charge in [0.1, 0.15) is 0 Å². The normalized spacial score (nSPS) is 13.4. The predicted octanol–water partition coefficient (Wildman–Crippen LogP) is 14.1. The number of nitrogens with zero attached hydrogens (tertiary/aromatic N) is 4. The Kier molecular flexibility index (Phi) is 6.48. The molecule has 1 aliphatic carbocycles. The molecular formula is C55H36N4. The van der Waals surface area contributed by atoms with Gasteiger partial charge >= 0.3 is 0 Å². The van der Waals surface area contributed by atoms with Crippen LogP contribution in [0.5, 0.6) is 0 Å². The van der Waals surface area contributed by atoms with Gasteiger partial charge in [0.2, 0.25) is 0 Å². The van der Waals surface area contributed by atoms with Crippen molar-refractivity contribution in [3.8, 4) is 33.9 Å². The van der Waals surface area contributed by atoms with Gasteiger partial charge in [-0.3, -0.25) is 0 Å². The van der Waals surface area contributed by atoms with E-state index in [0.717, 1.165) is 56.1 Å². The zero-order valence-electron chi connectivity index (χ0n) is 32.6. The van der Waals surface area contributed by atoms with Gasteiger partial charge in [-0.25, -0.2) is 9.97 Å². The molecule has 0 radical (unpaired) electrons. The minimum absolute atomic E-state index is 0.344. The number of aromatic nitrogens is 4. The van der Waals surface area contributed by atoms with Crippen LogP contribution in [0.15, 0.2) is 182 Å². The van der Waals surface area contributed by atoms with E-state index in [0.29, 0.717) is 0 Å². The van der Waals surface area contributed by atoms with Gasteiger partial charge in [-0.2, -0.15) is 0 Å². The summed E-state index contributed by atoms with van der Waals surface area (Å²) in [7, 11) is 0. The first-order valence-electron chi connectivity index (χ1n) is 20.4. The summed E-state index contributed by atoms with van der Waals surface area (Å²) in [6.07, 6.45) is 2.08. The third-order valence-electron chi connectivity index (χ3n) is 13.1. The molecule has 59 heavy (non-hydrogen) atoms. The third kappa shape index (κ3) is 4.43. The summed E-state index contributed by atoms with van der Waals surface area (Å²) in [5, 5.41) is 12.6. The monoisotopic (exact) mass is 752 g/mol. The van der Waals surface area contributed by atoms with Crippen molar-refractivity contribution in [3.05, 3.63) is 193 Å². The third-order valence-corrected chi connectivity index (χ3v) is 13.1. The fourth-order valence-corrected chi connectivity index (χ4v) is 10.4. The quantitative estimate of drug-likeness (QED) is 0.169. The molecule has 0 spiro atoms. The highest BCUT2D eigenvalue weighted by Gasteiger charge is 2.38. The molecule has 0 N–H and O–H groups in total. The Hall–Kier alpha value is -7.56. The average molecular weight is 753 g/mol. The van der Waals surface area contributed by atoms with Crippen LogP contribution in [0, 0.1) is 0 Å². The summed E-state index contributed by atoms with van der Waals surface area (Å²) in [6.45, 7) is 4.64. The lowest BCUT2D eigenvalue weighted by molar-refractivity contribution is 0.636. The molecule has 0 saturated carbocycles. The summed E-state index contributed by atoms with van der Waals surface area (Å²) in [6, 6.07) is 64.2. The maximum absolute atomic E-state index is 5.57. The molecule has 3 heterocycles. The van der Waals surface area contributed by atoms with E-state index in [1.807, 2.05) is 0 Å². The van der Waals surface area contributed by atoms with Crippen molar-refractivity contribution in [1.82, 2.24) is 19.1 Å². The number of hydrogen-bond donors (Lipinski definition) is 0. The van der Waals surface area contributed by atoms with Gasteiger partial charge in [-0.15, -0.1) is 0 Å². The van der Waals surface area contributed by atoms with Crippen LogP contribution in [0.2, 0.25) is 0 Å².